The maximum absolute atomic E-state index is 13.5. The van der Waals surface area contributed by atoms with Crippen LogP contribution in [0.5, 0.6) is 0 Å². The van der Waals surface area contributed by atoms with Gasteiger partial charge in [-0.15, -0.1) is 0 Å². The van der Waals surface area contributed by atoms with E-state index in [1.54, 1.807) is 0 Å². The lowest BCUT2D eigenvalue weighted by atomic mass is 10.1. The molecule has 0 spiro atoms. The quantitative estimate of drug-likeness (QED) is 0.425. The van der Waals surface area contributed by atoms with Crippen LogP contribution in [0.2, 0.25) is 0 Å². The third kappa shape index (κ3) is 5.58. The van der Waals surface area contributed by atoms with Crippen LogP contribution < -0.4 is 0 Å². The van der Waals surface area contributed by atoms with Gasteiger partial charge in [-0.1, -0.05) is 70.2 Å². The highest BCUT2D eigenvalue weighted by atomic mass is 16.2. The Kier molecular flexibility index (Phi) is 7.58. The first-order valence-electron chi connectivity index (χ1n) is 12.8. The molecule has 1 aliphatic rings. The van der Waals surface area contributed by atoms with E-state index in [-0.39, 0.29) is 30.3 Å². The lowest BCUT2D eigenvalue weighted by molar-refractivity contribution is -0.133. The highest BCUT2D eigenvalue weighted by molar-refractivity contribution is 5.83. The first-order valence-corrected chi connectivity index (χ1v) is 12.8. The Morgan fingerprint density at radius 3 is 2.26 bits per heavy atom. The van der Waals surface area contributed by atoms with Crippen LogP contribution in [0.1, 0.15) is 64.4 Å². The zero-order valence-electron chi connectivity index (χ0n) is 21.6. The summed E-state index contributed by atoms with van der Waals surface area (Å²) >= 11 is 0. The zero-order valence-corrected chi connectivity index (χ0v) is 21.6. The molecule has 2 amide bonds. The Bertz CT molecular complexity index is 1160. The van der Waals surface area contributed by atoms with Crippen molar-refractivity contribution in [3.8, 4) is 0 Å². The molecule has 2 atom stereocenters. The highest BCUT2D eigenvalue weighted by Crippen LogP contribution is 2.35. The fourth-order valence-electron chi connectivity index (χ4n) is 5.16. The molecule has 2 unspecified atom stereocenters. The van der Waals surface area contributed by atoms with E-state index in [2.05, 4.69) is 51.3 Å². The lowest BCUT2D eigenvalue weighted by Crippen LogP contribution is -2.39. The van der Waals surface area contributed by atoms with Gasteiger partial charge in [-0.2, -0.15) is 0 Å². The molecule has 1 aromatic heterocycles. The predicted octanol–water partition coefficient (Wildman–Crippen LogP) is 5.25. The van der Waals surface area contributed by atoms with Gasteiger partial charge in [0.15, 0.2) is 0 Å². The van der Waals surface area contributed by atoms with E-state index in [1.807, 2.05) is 52.3 Å². The van der Waals surface area contributed by atoms with E-state index in [4.69, 9.17) is 4.98 Å². The molecule has 0 bridgehead atoms. The van der Waals surface area contributed by atoms with Crippen molar-refractivity contribution in [2.24, 2.45) is 11.8 Å². The maximum atomic E-state index is 13.5. The number of carbonyl (C=O) groups excluding carboxylic acids is 2. The van der Waals surface area contributed by atoms with E-state index >= 15 is 0 Å². The molecular weight excluding hydrogens is 436 g/mol. The maximum Gasteiger partial charge on any atom is 0.242 e. The van der Waals surface area contributed by atoms with Gasteiger partial charge in [0.05, 0.1) is 17.1 Å². The summed E-state index contributed by atoms with van der Waals surface area (Å²) in [6, 6.07) is 18.1. The molecule has 2 aromatic carbocycles. The molecule has 35 heavy (non-hydrogen) atoms. The van der Waals surface area contributed by atoms with Crippen LogP contribution >= 0.6 is 0 Å². The predicted molar refractivity (Wildman–Crippen MR) is 140 cm³/mol. The largest absolute Gasteiger partial charge is 0.341 e. The van der Waals surface area contributed by atoms with Crippen molar-refractivity contribution in [2.75, 3.05) is 19.6 Å². The zero-order chi connectivity index (χ0) is 25.1. The standard InChI is InChI=1S/C29H38N4O2/c1-20(2)16-31(17-21(3)4)28(35)19-33-26-14-10-9-13-25(26)30-29(33)24-15-27(34)32(18-24)22(5)23-11-7-6-8-12-23/h6-14,20-22,24H,15-19H2,1-5H3. The van der Waals surface area contributed by atoms with Gasteiger partial charge in [0.1, 0.15) is 12.4 Å². The summed E-state index contributed by atoms with van der Waals surface area (Å²) in [7, 11) is 0. The monoisotopic (exact) mass is 474 g/mol. The SMILES string of the molecule is CC(C)CN(CC(C)C)C(=O)Cn1c(C2CC(=O)N(C(C)c3ccccc3)C2)nc2ccccc21. The first-order chi connectivity index (χ1) is 16.7. The topological polar surface area (TPSA) is 58.4 Å². The van der Waals surface area contributed by atoms with E-state index in [0.717, 1.165) is 35.5 Å². The molecule has 1 saturated heterocycles. The van der Waals surface area contributed by atoms with Crippen LogP contribution in [0.4, 0.5) is 0 Å². The number of aromatic nitrogens is 2. The minimum Gasteiger partial charge on any atom is -0.341 e. The van der Waals surface area contributed by atoms with Gasteiger partial charge < -0.3 is 14.4 Å². The molecule has 1 aliphatic heterocycles. The van der Waals surface area contributed by atoms with Crippen LogP contribution in [-0.4, -0.2) is 50.8 Å². The minimum absolute atomic E-state index is 0.000681. The van der Waals surface area contributed by atoms with Gasteiger partial charge in [0.2, 0.25) is 11.8 Å². The van der Waals surface area contributed by atoms with Crippen LogP contribution in [0.15, 0.2) is 54.6 Å². The van der Waals surface area contributed by atoms with Crippen molar-refractivity contribution in [3.63, 3.8) is 0 Å². The number of hydrogen-bond acceptors (Lipinski definition) is 3. The van der Waals surface area contributed by atoms with E-state index < -0.39 is 0 Å². The number of amides is 2. The molecule has 0 aliphatic carbocycles. The van der Waals surface area contributed by atoms with Crippen molar-refractivity contribution >= 4 is 22.8 Å². The van der Waals surface area contributed by atoms with Crippen LogP contribution in [0.3, 0.4) is 0 Å². The number of fused-ring (bicyclic) bond motifs is 1. The number of para-hydroxylation sites is 2. The highest BCUT2D eigenvalue weighted by Gasteiger charge is 2.37. The second-order valence-corrected chi connectivity index (χ2v) is 10.7. The Hall–Kier alpha value is -3.15. The molecule has 1 fully saturated rings. The van der Waals surface area contributed by atoms with Crippen LogP contribution in [0, 0.1) is 11.8 Å². The lowest BCUT2D eigenvalue weighted by Gasteiger charge is -2.27. The van der Waals surface area contributed by atoms with Gasteiger partial charge in [-0.3, -0.25) is 9.59 Å². The normalized spacial score (nSPS) is 17.1. The van der Waals surface area contributed by atoms with Crippen molar-refractivity contribution < 1.29 is 9.59 Å². The van der Waals surface area contributed by atoms with E-state index in [0.29, 0.717) is 24.8 Å². The Morgan fingerprint density at radius 1 is 0.971 bits per heavy atom. The van der Waals surface area contributed by atoms with Crippen molar-refractivity contribution in [2.45, 2.75) is 59.5 Å². The number of hydrogen-bond donors (Lipinski definition) is 0. The molecule has 0 N–H and O–H groups in total. The average Bonchev–Trinajstić information content (AvgIpc) is 3.38. The van der Waals surface area contributed by atoms with Crippen molar-refractivity contribution in [1.29, 1.82) is 0 Å². The number of likely N-dealkylation sites (tertiary alicyclic amines) is 1. The number of carbonyl (C=O) groups is 2. The van der Waals surface area contributed by atoms with Crippen molar-refractivity contribution in [3.05, 3.63) is 66.0 Å². The van der Waals surface area contributed by atoms with Gasteiger partial charge in [0.25, 0.3) is 0 Å². The third-order valence-corrected chi connectivity index (χ3v) is 6.77. The molecular formula is C29H38N4O2. The number of benzene rings is 2. The van der Waals surface area contributed by atoms with Gasteiger partial charge in [-0.05, 0) is 36.5 Å². The number of nitrogens with zero attached hydrogens (tertiary/aromatic N) is 4. The third-order valence-electron chi connectivity index (χ3n) is 6.77. The number of imidazole rings is 1. The molecule has 6 heteroatoms. The summed E-state index contributed by atoms with van der Waals surface area (Å²) in [6.45, 7) is 13.0. The first kappa shape index (κ1) is 25.0. The summed E-state index contributed by atoms with van der Waals surface area (Å²) in [5, 5.41) is 0. The van der Waals surface area contributed by atoms with E-state index in [1.165, 1.54) is 0 Å². The molecule has 2 heterocycles. The Labute approximate surface area is 208 Å². The van der Waals surface area contributed by atoms with Crippen LogP contribution in [-0.2, 0) is 16.1 Å². The van der Waals surface area contributed by atoms with Crippen molar-refractivity contribution in [1.82, 2.24) is 19.4 Å². The average molecular weight is 475 g/mol. The summed E-state index contributed by atoms with van der Waals surface area (Å²) < 4.78 is 2.06. The van der Waals surface area contributed by atoms with E-state index in [9.17, 15) is 9.59 Å². The van der Waals surface area contributed by atoms with Gasteiger partial charge in [0, 0.05) is 32.0 Å². The Morgan fingerprint density at radius 2 is 1.60 bits per heavy atom. The number of rotatable bonds is 9. The van der Waals surface area contributed by atoms with Gasteiger partial charge in [-0.25, -0.2) is 4.98 Å². The second kappa shape index (κ2) is 10.6. The van der Waals surface area contributed by atoms with Crippen LogP contribution in [0.25, 0.3) is 11.0 Å². The van der Waals surface area contributed by atoms with Gasteiger partial charge >= 0.3 is 0 Å². The molecule has 3 aromatic rings. The fourth-order valence-corrected chi connectivity index (χ4v) is 5.16. The Balaban J connectivity index is 1.63. The molecule has 186 valence electrons. The summed E-state index contributed by atoms with van der Waals surface area (Å²) in [5.74, 6) is 1.84. The molecule has 0 saturated carbocycles. The second-order valence-electron chi connectivity index (χ2n) is 10.7. The minimum atomic E-state index is -0.0440. The molecule has 0 radical (unpaired) electrons. The summed E-state index contributed by atoms with van der Waals surface area (Å²) in [5.41, 5.74) is 2.95. The molecule has 6 nitrogen and oxygen atoms in total. The molecule has 4 rings (SSSR count). The summed E-state index contributed by atoms with van der Waals surface area (Å²) in [6.07, 6.45) is 0.413. The smallest absolute Gasteiger partial charge is 0.242 e. The summed E-state index contributed by atoms with van der Waals surface area (Å²) in [4.78, 5) is 35.5. The fraction of sp³-hybridized carbons (Fsp3) is 0.483.